The highest BCUT2D eigenvalue weighted by atomic mass is 16.5. The van der Waals surface area contributed by atoms with Gasteiger partial charge in [0.2, 0.25) is 0 Å². The Hall–Kier alpha value is -1.55. The Morgan fingerprint density at radius 2 is 1.89 bits per heavy atom. The predicted molar refractivity (Wildman–Crippen MR) is 68.4 cm³/mol. The molecule has 1 N–H and O–H groups in total. The third kappa shape index (κ3) is 2.34. The molecule has 18 heavy (non-hydrogen) atoms. The fourth-order valence-electron chi connectivity index (χ4n) is 2.81. The molecular weight excluding hydrogens is 228 g/mol. The number of nitrogens with one attached hydrogen (secondary N) is 1. The number of rotatable bonds is 3. The van der Waals surface area contributed by atoms with Crippen molar-refractivity contribution in [3.05, 3.63) is 30.3 Å². The SMILES string of the molecule is O=C(COc1ccccc1)N1CC2CNCC2C1. The van der Waals surface area contributed by atoms with Crippen molar-refractivity contribution in [2.45, 2.75) is 0 Å². The predicted octanol–water partition coefficient (Wildman–Crippen LogP) is 0.743. The molecule has 4 heteroatoms. The van der Waals surface area contributed by atoms with Gasteiger partial charge in [0, 0.05) is 26.2 Å². The molecule has 2 fully saturated rings. The molecule has 96 valence electrons. The summed E-state index contributed by atoms with van der Waals surface area (Å²) < 4.78 is 5.50. The van der Waals surface area contributed by atoms with E-state index in [1.165, 1.54) is 0 Å². The fraction of sp³-hybridized carbons (Fsp3) is 0.500. The molecule has 0 aromatic heterocycles. The molecule has 2 aliphatic heterocycles. The molecule has 2 atom stereocenters. The van der Waals surface area contributed by atoms with Crippen molar-refractivity contribution in [1.82, 2.24) is 10.2 Å². The maximum atomic E-state index is 12.0. The molecular formula is C14H18N2O2. The number of hydrogen-bond acceptors (Lipinski definition) is 3. The summed E-state index contributed by atoms with van der Waals surface area (Å²) >= 11 is 0. The van der Waals surface area contributed by atoms with E-state index in [0.717, 1.165) is 31.9 Å². The van der Waals surface area contributed by atoms with Gasteiger partial charge in [-0.3, -0.25) is 4.79 Å². The van der Waals surface area contributed by atoms with Crippen molar-refractivity contribution in [3.63, 3.8) is 0 Å². The van der Waals surface area contributed by atoms with Crippen LogP contribution in [0.15, 0.2) is 30.3 Å². The summed E-state index contributed by atoms with van der Waals surface area (Å²) in [5, 5.41) is 3.37. The average molecular weight is 246 g/mol. The number of ether oxygens (including phenoxy) is 1. The van der Waals surface area contributed by atoms with E-state index < -0.39 is 0 Å². The zero-order chi connectivity index (χ0) is 12.4. The van der Waals surface area contributed by atoms with Crippen molar-refractivity contribution in [2.75, 3.05) is 32.8 Å². The van der Waals surface area contributed by atoms with Crippen LogP contribution in [0.1, 0.15) is 0 Å². The van der Waals surface area contributed by atoms with Gasteiger partial charge in [0.1, 0.15) is 5.75 Å². The molecule has 2 unspecified atom stereocenters. The number of para-hydroxylation sites is 1. The van der Waals surface area contributed by atoms with E-state index in [-0.39, 0.29) is 12.5 Å². The highest BCUT2D eigenvalue weighted by Crippen LogP contribution is 2.26. The van der Waals surface area contributed by atoms with Crippen LogP contribution in [0.4, 0.5) is 0 Å². The number of likely N-dealkylation sites (tertiary alicyclic amines) is 1. The molecule has 0 saturated carbocycles. The van der Waals surface area contributed by atoms with Gasteiger partial charge in [-0.1, -0.05) is 18.2 Å². The molecule has 0 bridgehead atoms. The lowest BCUT2D eigenvalue weighted by molar-refractivity contribution is -0.132. The lowest BCUT2D eigenvalue weighted by atomic mass is 10.0. The summed E-state index contributed by atoms with van der Waals surface area (Å²) in [4.78, 5) is 14.0. The van der Waals surface area contributed by atoms with Gasteiger partial charge in [-0.2, -0.15) is 0 Å². The highest BCUT2D eigenvalue weighted by Gasteiger charge is 2.37. The monoisotopic (exact) mass is 246 g/mol. The van der Waals surface area contributed by atoms with Crippen LogP contribution in [0.3, 0.4) is 0 Å². The van der Waals surface area contributed by atoms with Gasteiger partial charge >= 0.3 is 0 Å². The number of carbonyl (C=O) groups is 1. The van der Waals surface area contributed by atoms with Crippen LogP contribution in [-0.4, -0.2) is 43.6 Å². The minimum absolute atomic E-state index is 0.105. The van der Waals surface area contributed by atoms with Crippen LogP contribution in [-0.2, 0) is 4.79 Å². The zero-order valence-corrected chi connectivity index (χ0v) is 10.3. The number of benzene rings is 1. The Kier molecular flexibility index (Phi) is 3.19. The molecule has 1 aromatic carbocycles. The summed E-state index contributed by atoms with van der Waals surface area (Å²) in [7, 11) is 0. The maximum absolute atomic E-state index is 12.0. The van der Waals surface area contributed by atoms with Crippen molar-refractivity contribution in [3.8, 4) is 5.75 Å². The number of carbonyl (C=O) groups excluding carboxylic acids is 1. The zero-order valence-electron chi connectivity index (χ0n) is 10.3. The summed E-state index contributed by atoms with van der Waals surface area (Å²) in [6.45, 7) is 4.02. The Bertz CT molecular complexity index is 409. The molecule has 2 aliphatic rings. The van der Waals surface area contributed by atoms with Crippen molar-refractivity contribution in [2.24, 2.45) is 11.8 Å². The van der Waals surface area contributed by atoms with Crippen molar-refractivity contribution >= 4 is 5.91 Å². The van der Waals surface area contributed by atoms with Crippen LogP contribution in [0.25, 0.3) is 0 Å². The van der Waals surface area contributed by atoms with Gasteiger partial charge in [0.05, 0.1) is 0 Å². The Balaban J connectivity index is 1.50. The molecule has 0 aliphatic carbocycles. The number of amides is 1. The van der Waals surface area contributed by atoms with E-state index in [0.29, 0.717) is 11.8 Å². The fourth-order valence-corrected chi connectivity index (χ4v) is 2.81. The molecule has 0 radical (unpaired) electrons. The van der Waals surface area contributed by atoms with E-state index in [4.69, 9.17) is 4.74 Å². The quantitative estimate of drug-likeness (QED) is 0.855. The van der Waals surface area contributed by atoms with Crippen LogP contribution in [0.5, 0.6) is 5.75 Å². The summed E-state index contributed by atoms with van der Waals surface area (Å²) in [6.07, 6.45) is 0. The molecule has 1 amide bonds. The van der Waals surface area contributed by atoms with E-state index in [9.17, 15) is 4.79 Å². The largest absolute Gasteiger partial charge is 0.484 e. The second-order valence-electron chi connectivity index (χ2n) is 5.08. The van der Waals surface area contributed by atoms with Gasteiger partial charge in [0.15, 0.2) is 6.61 Å². The third-order valence-electron chi connectivity index (χ3n) is 3.85. The Morgan fingerprint density at radius 3 is 2.56 bits per heavy atom. The minimum atomic E-state index is 0.105. The summed E-state index contributed by atoms with van der Waals surface area (Å²) in [5.41, 5.74) is 0. The average Bonchev–Trinajstić information content (AvgIpc) is 2.98. The lowest BCUT2D eigenvalue weighted by Gasteiger charge is -2.17. The van der Waals surface area contributed by atoms with Crippen LogP contribution < -0.4 is 10.1 Å². The smallest absolute Gasteiger partial charge is 0.260 e. The molecule has 2 heterocycles. The Labute approximate surface area is 107 Å². The minimum Gasteiger partial charge on any atom is -0.484 e. The molecule has 0 spiro atoms. The van der Waals surface area contributed by atoms with Crippen LogP contribution in [0.2, 0.25) is 0 Å². The second-order valence-corrected chi connectivity index (χ2v) is 5.08. The van der Waals surface area contributed by atoms with Crippen molar-refractivity contribution in [1.29, 1.82) is 0 Å². The van der Waals surface area contributed by atoms with Crippen molar-refractivity contribution < 1.29 is 9.53 Å². The van der Waals surface area contributed by atoms with Gasteiger partial charge in [-0.05, 0) is 24.0 Å². The van der Waals surface area contributed by atoms with E-state index in [2.05, 4.69) is 5.32 Å². The number of hydrogen-bond donors (Lipinski definition) is 1. The topological polar surface area (TPSA) is 41.6 Å². The summed E-state index contributed by atoms with van der Waals surface area (Å²) in [6, 6.07) is 9.49. The van der Waals surface area contributed by atoms with E-state index in [1.54, 1.807) is 0 Å². The van der Waals surface area contributed by atoms with E-state index >= 15 is 0 Å². The third-order valence-corrected chi connectivity index (χ3v) is 3.85. The molecule has 2 saturated heterocycles. The first-order valence-corrected chi connectivity index (χ1v) is 6.49. The standard InChI is InChI=1S/C14H18N2O2/c17-14(10-18-13-4-2-1-3-5-13)16-8-11-6-15-7-12(11)9-16/h1-5,11-12,15H,6-10H2. The van der Waals surface area contributed by atoms with Gasteiger partial charge in [-0.25, -0.2) is 0 Å². The lowest BCUT2D eigenvalue weighted by Crippen LogP contribution is -2.35. The molecule has 1 aromatic rings. The molecule has 3 rings (SSSR count). The summed E-state index contributed by atoms with van der Waals surface area (Å²) in [5.74, 6) is 2.15. The number of nitrogens with zero attached hydrogens (tertiary/aromatic N) is 1. The maximum Gasteiger partial charge on any atom is 0.260 e. The second kappa shape index (κ2) is 4.98. The number of fused-ring (bicyclic) bond motifs is 1. The van der Waals surface area contributed by atoms with Gasteiger partial charge < -0.3 is 15.0 Å². The first kappa shape index (κ1) is 11.5. The van der Waals surface area contributed by atoms with Crippen LogP contribution >= 0.6 is 0 Å². The first-order valence-electron chi connectivity index (χ1n) is 6.49. The van der Waals surface area contributed by atoms with Crippen LogP contribution in [0, 0.1) is 11.8 Å². The van der Waals surface area contributed by atoms with Gasteiger partial charge in [0.25, 0.3) is 5.91 Å². The van der Waals surface area contributed by atoms with E-state index in [1.807, 2.05) is 35.2 Å². The molecule has 4 nitrogen and oxygen atoms in total. The Morgan fingerprint density at radius 1 is 1.22 bits per heavy atom. The first-order chi connectivity index (χ1) is 8.83. The van der Waals surface area contributed by atoms with Gasteiger partial charge in [-0.15, -0.1) is 0 Å². The normalized spacial score (nSPS) is 26.1. The highest BCUT2D eigenvalue weighted by molar-refractivity contribution is 5.78.